The van der Waals surface area contributed by atoms with Crippen molar-refractivity contribution in [1.29, 1.82) is 0 Å². The molecular weight excluding hydrogens is 328 g/mol. The molecule has 1 rings (SSSR count). The fraction of sp³-hybridized carbons (Fsp3) is 1.00. The summed E-state index contributed by atoms with van der Waals surface area (Å²) in [6, 6.07) is 0. The van der Waals surface area contributed by atoms with Crippen molar-refractivity contribution in [3.05, 3.63) is 0 Å². The van der Waals surface area contributed by atoms with Crippen LogP contribution in [0.3, 0.4) is 0 Å². The van der Waals surface area contributed by atoms with Gasteiger partial charge in [0.15, 0.2) is 0 Å². The SMILES string of the molecule is O=P(O)(O)C(O)(CC1CNCC(CCS)C1)P(=O)(O)O. The number of rotatable bonds is 6. The lowest BCUT2D eigenvalue weighted by Gasteiger charge is -2.36. The van der Waals surface area contributed by atoms with Gasteiger partial charge >= 0.3 is 15.2 Å². The quantitative estimate of drug-likeness (QED) is 0.260. The van der Waals surface area contributed by atoms with Crippen molar-refractivity contribution in [1.82, 2.24) is 5.32 Å². The molecule has 0 aliphatic carbocycles. The summed E-state index contributed by atoms with van der Waals surface area (Å²) >= 11 is 4.11. The molecule has 0 aromatic heterocycles. The molecule has 120 valence electrons. The fourth-order valence-corrected chi connectivity index (χ4v) is 5.20. The zero-order chi connectivity index (χ0) is 15.6. The fourth-order valence-electron chi connectivity index (χ4n) is 2.48. The smallest absolute Gasteiger partial charge is 0.368 e. The Morgan fingerprint density at radius 3 is 2.05 bits per heavy atom. The summed E-state index contributed by atoms with van der Waals surface area (Å²) in [5.41, 5.74) is 0. The second kappa shape index (κ2) is 6.77. The lowest BCUT2D eigenvalue weighted by atomic mass is 9.87. The minimum atomic E-state index is -5.36. The van der Waals surface area contributed by atoms with Crippen LogP contribution >= 0.6 is 27.8 Å². The van der Waals surface area contributed by atoms with Gasteiger partial charge in [-0.2, -0.15) is 12.6 Å². The minimum Gasteiger partial charge on any atom is -0.368 e. The predicted octanol–water partition coefficient (Wildman–Crippen LogP) is -0.0764. The predicted molar refractivity (Wildman–Crippen MR) is 76.6 cm³/mol. The van der Waals surface area contributed by atoms with E-state index in [2.05, 4.69) is 17.9 Å². The van der Waals surface area contributed by atoms with Gasteiger partial charge in [0, 0.05) is 6.42 Å². The highest BCUT2D eigenvalue weighted by Gasteiger charge is 2.60. The molecular formula is C9H21NO7P2S. The van der Waals surface area contributed by atoms with Gasteiger partial charge < -0.3 is 30.0 Å². The summed E-state index contributed by atoms with van der Waals surface area (Å²) in [5, 5.41) is 9.62. The molecule has 1 aliphatic rings. The van der Waals surface area contributed by atoms with Crippen molar-refractivity contribution in [2.75, 3.05) is 18.8 Å². The summed E-state index contributed by atoms with van der Waals surface area (Å²) in [4.78, 5) is 36.4. The molecule has 1 heterocycles. The van der Waals surface area contributed by atoms with Gasteiger partial charge in [-0.15, -0.1) is 0 Å². The first-order chi connectivity index (χ1) is 9.01. The first-order valence-electron chi connectivity index (χ1n) is 6.16. The van der Waals surface area contributed by atoms with E-state index in [-0.39, 0.29) is 5.92 Å². The number of hydrogen-bond donors (Lipinski definition) is 7. The highest BCUT2D eigenvalue weighted by Crippen LogP contribution is 2.69. The molecule has 0 aromatic rings. The van der Waals surface area contributed by atoms with Gasteiger partial charge in [-0.3, -0.25) is 9.13 Å². The van der Waals surface area contributed by atoms with Crippen LogP contribution in [0.25, 0.3) is 0 Å². The van der Waals surface area contributed by atoms with Gasteiger partial charge in [0.2, 0.25) is 0 Å². The van der Waals surface area contributed by atoms with Crippen LogP contribution < -0.4 is 5.32 Å². The Bertz CT molecular complexity index is 399. The monoisotopic (exact) mass is 349 g/mol. The Hall–Kier alpha value is 0.570. The van der Waals surface area contributed by atoms with E-state index < -0.39 is 32.6 Å². The molecule has 0 radical (unpaired) electrons. The number of nitrogens with one attached hydrogen (secondary N) is 1. The van der Waals surface area contributed by atoms with Crippen molar-refractivity contribution in [3.8, 4) is 0 Å². The van der Waals surface area contributed by atoms with Crippen LogP contribution in [0.4, 0.5) is 0 Å². The van der Waals surface area contributed by atoms with Crippen molar-refractivity contribution >= 4 is 27.8 Å². The van der Waals surface area contributed by atoms with E-state index in [1.54, 1.807) is 0 Å². The Labute approximate surface area is 122 Å². The van der Waals surface area contributed by atoms with Crippen molar-refractivity contribution in [3.63, 3.8) is 0 Å². The average molecular weight is 349 g/mol. The van der Waals surface area contributed by atoms with E-state index in [9.17, 15) is 14.2 Å². The van der Waals surface area contributed by atoms with E-state index in [1.165, 1.54) is 0 Å². The molecule has 1 aliphatic heterocycles. The highest BCUT2D eigenvalue weighted by molar-refractivity contribution is 7.80. The molecule has 2 atom stereocenters. The van der Waals surface area contributed by atoms with Gasteiger partial charge in [-0.1, -0.05) is 0 Å². The van der Waals surface area contributed by atoms with Crippen LogP contribution in [0.1, 0.15) is 19.3 Å². The lowest BCUT2D eigenvalue weighted by Crippen LogP contribution is -2.41. The Kier molecular flexibility index (Phi) is 6.30. The zero-order valence-corrected chi connectivity index (χ0v) is 13.5. The van der Waals surface area contributed by atoms with Gasteiger partial charge in [-0.25, -0.2) is 0 Å². The van der Waals surface area contributed by atoms with Crippen LogP contribution in [0.5, 0.6) is 0 Å². The number of hydrogen-bond acceptors (Lipinski definition) is 5. The normalized spacial score (nSPS) is 25.7. The Balaban J connectivity index is 2.87. The van der Waals surface area contributed by atoms with Crippen LogP contribution in [0, 0.1) is 11.8 Å². The second-order valence-electron chi connectivity index (χ2n) is 5.20. The standard InChI is InChI=1S/C9H21NO7P2S/c11-9(18(12,13)14,19(15,16)17)4-8-3-7(1-2-20)5-10-6-8/h7-8,10-11,20H,1-6H2,(H2,12,13,14)(H2,15,16,17). The molecule has 0 saturated carbocycles. The molecule has 2 unspecified atom stereocenters. The van der Waals surface area contributed by atoms with Gasteiger partial charge in [-0.05, 0) is 43.5 Å². The third kappa shape index (κ3) is 4.29. The summed E-state index contributed by atoms with van der Waals surface area (Å²) < 4.78 is 22.6. The lowest BCUT2D eigenvalue weighted by molar-refractivity contribution is 0.0951. The Morgan fingerprint density at radius 2 is 1.60 bits per heavy atom. The van der Waals surface area contributed by atoms with Crippen LogP contribution in [0.2, 0.25) is 0 Å². The molecule has 1 saturated heterocycles. The third-order valence-electron chi connectivity index (χ3n) is 3.57. The molecule has 8 nitrogen and oxygen atoms in total. The Morgan fingerprint density at radius 1 is 1.10 bits per heavy atom. The van der Waals surface area contributed by atoms with Crippen molar-refractivity contribution in [2.24, 2.45) is 11.8 Å². The second-order valence-corrected chi connectivity index (χ2v) is 9.66. The van der Waals surface area contributed by atoms with Gasteiger partial charge in [0.1, 0.15) is 0 Å². The molecule has 1 fully saturated rings. The molecule has 0 bridgehead atoms. The third-order valence-corrected chi connectivity index (χ3v) is 7.62. The summed E-state index contributed by atoms with van der Waals surface area (Å²) in [6.07, 6.45) is 0.685. The van der Waals surface area contributed by atoms with E-state index in [1.807, 2.05) is 0 Å². The number of piperidine rings is 1. The van der Waals surface area contributed by atoms with E-state index in [0.29, 0.717) is 18.7 Å². The summed E-state index contributed by atoms with van der Waals surface area (Å²) in [6.45, 7) is 1.08. The largest absolute Gasteiger partial charge is 0.369 e. The zero-order valence-electron chi connectivity index (χ0n) is 10.8. The molecule has 0 spiro atoms. The van der Waals surface area contributed by atoms with Crippen LogP contribution in [-0.4, -0.2) is 48.6 Å². The summed E-state index contributed by atoms with van der Waals surface area (Å²) in [5.74, 6) is 0.447. The highest BCUT2D eigenvalue weighted by atomic mass is 32.1. The molecule has 0 amide bonds. The van der Waals surface area contributed by atoms with Crippen molar-refractivity contribution < 1.29 is 33.8 Å². The average Bonchev–Trinajstić information content (AvgIpc) is 2.26. The topological polar surface area (TPSA) is 147 Å². The maximum absolute atomic E-state index is 11.3. The first kappa shape index (κ1) is 18.6. The number of aliphatic hydroxyl groups is 1. The van der Waals surface area contributed by atoms with E-state index in [4.69, 9.17) is 19.6 Å². The van der Waals surface area contributed by atoms with Gasteiger partial charge in [0.05, 0.1) is 0 Å². The van der Waals surface area contributed by atoms with Crippen LogP contribution in [0.15, 0.2) is 0 Å². The maximum Gasteiger partial charge on any atom is 0.369 e. The molecule has 0 aromatic carbocycles. The van der Waals surface area contributed by atoms with Crippen LogP contribution in [-0.2, 0) is 9.13 Å². The van der Waals surface area contributed by atoms with E-state index in [0.717, 1.165) is 13.0 Å². The molecule has 6 N–H and O–H groups in total. The maximum atomic E-state index is 11.3. The molecule has 20 heavy (non-hydrogen) atoms. The minimum absolute atomic E-state index is 0.212. The van der Waals surface area contributed by atoms with Gasteiger partial charge in [0.25, 0.3) is 5.08 Å². The first-order valence-corrected chi connectivity index (χ1v) is 10.0. The van der Waals surface area contributed by atoms with Crippen molar-refractivity contribution in [2.45, 2.75) is 24.3 Å². The van der Waals surface area contributed by atoms with E-state index >= 15 is 0 Å². The number of thiol groups is 1. The molecule has 11 heteroatoms. The summed E-state index contributed by atoms with van der Waals surface area (Å²) in [7, 11) is -10.7.